The maximum absolute atomic E-state index is 14.7. The summed E-state index contributed by atoms with van der Waals surface area (Å²) >= 11 is 1.50. The van der Waals surface area contributed by atoms with Gasteiger partial charge in [-0.15, -0.1) is 11.3 Å². The van der Waals surface area contributed by atoms with Crippen LogP contribution in [0.25, 0.3) is 16.1 Å². The van der Waals surface area contributed by atoms with Crippen LogP contribution in [-0.4, -0.2) is 38.7 Å². The van der Waals surface area contributed by atoms with Gasteiger partial charge in [-0.3, -0.25) is 14.0 Å². The lowest BCUT2D eigenvalue weighted by Gasteiger charge is -2.33. The van der Waals surface area contributed by atoms with E-state index in [1.54, 1.807) is 0 Å². The molecule has 0 saturated heterocycles. The number of imidazole rings is 1. The number of rotatable bonds is 11. The van der Waals surface area contributed by atoms with Crippen molar-refractivity contribution in [3.63, 3.8) is 0 Å². The lowest BCUT2D eigenvalue weighted by atomic mass is 9.97. The van der Waals surface area contributed by atoms with Gasteiger partial charge in [-0.25, -0.2) is 4.98 Å². The van der Waals surface area contributed by atoms with Gasteiger partial charge in [-0.2, -0.15) is 0 Å². The van der Waals surface area contributed by atoms with Crippen molar-refractivity contribution >= 4 is 28.1 Å². The Kier molecular flexibility index (Phi) is 8.94. The second-order valence-corrected chi connectivity index (χ2v) is 11.7. The van der Waals surface area contributed by atoms with Crippen LogP contribution in [0.5, 0.6) is 0 Å². The Morgan fingerprint density at radius 2 is 1.48 bits per heavy atom. The number of fused-ring (bicyclic) bond motifs is 1. The highest BCUT2D eigenvalue weighted by atomic mass is 32.1. The monoisotopic (exact) mass is 598 g/mol. The molecule has 6 nitrogen and oxygen atoms in total. The Bertz CT molecular complexity index is 1850. The van der Waals surface area contributed by atoms with E-state index >= 15 is 0 Å². The largest absolute Gasteiger partial charge is 0.349 e. The molecule has 2 aromatic heterocycles. The summed E-state index contributed by atoms with van der Waals surface area (Å²) in [5, 5.41) is 5.10. The van der Waals surface area contributed by atoms with Gasteiger partial charge < -0.3 is 10.2 Å². The first-order chi connectivity index (χ1) is 21.6. The van der Waals surface area contributed by atoms with Crippen LogP contribution in [0.2, 0.25) is 0 Å². The third-order valence-corrected chi connectivity index (χ3v) is 8.66. The highest BCUT2D eigenvalue weighted by molar-refractivity contribution is 7.15. The normalized spacial score (nSPS) is 11.8. The Labute approximate surface area is 261 Å². The van der Waals surface area contributed by atoms with E-state index < -0.39 is 0 Å². The zero-order valence-electron chi connectivity index (χ0n) is 24.6. The summed E-state index contributed by atoms with van der Waals surface area (Å²) in [4.78, 5) is 35.5. The van der Waals surface area contributed by atoms with Crippen molar-refractivity contribution in [2.75, 3.05) is 6.54 Å². The number of hydrogen-bond donors (Lipinski definition) is 1. The molecule has 0 fully saturated rings. The lowest BCUT2D eigenvalue weighted by molar-refractivity contribution is 0.0638. The van der Waals surface area contributed by atoms with E-state index in [1.165, 1.54) is 16.9 Å². The molecule has 2 amide bonds. The molecule has 2 heterocycles. The first kappa shape index (κ1) is 29.1. The highest BCUT2D eigenvalue weighted by Crippen LogP contribution is 2.27. The standard InChI is InChI=1S/C37H34N4O2S/c1-27-34(40-23-24-44-37(40)39-27)35(42)38-25-31(22-21-28-13-5-2-6-14-28)41(26-29-15-7-3-8-16-29)36(43)33-20-12-11-19-32(33)30-17-9-4-10-18-30/h2-20,23-24,31H,21-22,25-26H2,1H3,(H,38,42)/t31-/m1/s1. The van der Waals surface area contributed by atoms with Crippen molar-refractivity contribution in [2.45, 2.75) is 32.4 Å². The molecule has 0 radical (unpaired) electrons. The maximum atomic E-state index is 14.7. The zero-order valence-corrected chi connectivity index (χ0v) is 25.4. The molecular formula is C37H34N4O2S. The maximum Gasteiger partial charge on any atom is 0.270 e. The van der Waals surface area contributed by atoms with Gasteiger partial charge in [0, 0.05) is 30.2 Å². The number of hydrogen-bond acceptors (Lipinski definition) is 4. The van der Waals surface area contributed by atoms with Crippen LogP contribution in [-0.2, 0) is 13.0 Å². The van der Waals surface area contributed by atoms with Gasteiger partial charge in [-0.1, -0.05) is 109 Å². The SMILES string of the molecule is Cc1nc2sccn2c1C(=O)NC[C@@H](CCc1ccccc1)N(Cc1ccccc1)C(=O)c1ccccc1-c1ccccc1. The van der Waals surface area contributed by atoms with Crippen LogP contribution in [0.1, 0.15) is 44.1 Å². The predicted octanol–water partition coefficient (Wildman–Crippen LogP) is 7.45. The fraction of sp³-hybridized carbons (Fsp3) is 0.162. The van der Waals surface area contributed by atoms with Crippen LogP contribution < -0.4 is 5.32 Å². The highest BCUT2D eigenvalue weighted by Gasteiger charge is 2.28. The van der Waals surface area contributed by atoms with Crippen LogP contribution in [0.3, 0.4) is 0 Å². The summed E-state index contributed by atoms with van der Waals surface area (Å²) in [6.07, 6.45) is 3.31. The summed E-state index contributed by atoms with van der Waals surface area (Å²) in [7, 11) is 0. The fourth-order valence-corrected chi connectivity index (χ4v) is 6.41. The van der Waals surface area contributed by atoms with E-state index in [4.69, 9.17) is 0 Å². The topological polar surface area (TPSA) is 66.7 Å². The van der Waals surface area contributed by atoms with Gasteiger partial charge in [0.25, 0.3) is 11.8 Å². The fourth-order valence-electron chi connectivity index (χ4n) is 5.65. The van der Waals surface area contributed by atoms with E-state index in [-0.39, 0.29) is 17.9 Å². The molecule has 0 unspecified atom stereocenters. The summed E-state index contributed by atoms with van der Waals surface area (Å²) in [6.45, 7) is 2.57. The smallest absolute Gasteiger partial charge is 0.270 e. The molecule has 4 aromatic carbocycles. The van der Waals surface area contributed by atoms with E-state index in [2.05, 4.69) is 22.4 Å². The van der Waals surface area contributed by atoms with Crippen LogP contribution in [0.4, 0.5) is 0 Å². The zero-order chi connectivity index (χ0) is 30.3. The lowest BCUT2D eigenvalue weighted by Crippen LogP contribution is -2.47. The van der Waals surface area contributed by atoms with Crippen molar-refractivity contribution in [3.8, 4) is 11.1 Å². The van der Waals surface area contributed by atoms with Gasteiger partial charge in [0.05, 0.1) is 11.7 Å². The number of benzene rings is 4. The number of nitrogens with one attached hydrogen (secondary N) is 1. The minimum atomic E-state index is -0.276. The molecule has 0 saturated carbocycles. The number of aryl methyl sites for hydroxylation is 2. The van der Waals surface area contributed by atoms with Crippen molar-refractivity contribution < 1.29 is 9.59 Å². The number of amides is 2. The molecule has 6 rings (SSSR count). The average Bonchev–Trinajstić information content (AvgIpc) is 3.65. The third kappa shape index (κ3) is 6.48. The number of thiazole rings is 1. The minimum absolute atomic E-state index is 0.0682. The molecule has 0 aliphatic heterocycles. The van der Waals surface area contributed by atoms with Crippen LogP contribution in [0, 0.1) is 6.92 Å². The Balaban J connectivity index is 1.35. The molecule has 0 aliphatic rings. The number of nitrogens with zero attached hydrogens (tertiary/aromatic N) is 3. The Hall–Kier alpha value is -5.01. The minimum Gasteiger partial charge on any atom is -0.349 e. The van der Waals surface area contributed by atoms with Crippen molar-refractivity contribution in [1.82, 2.24) is 19.6 Å². The molecular weight excluding hydrogens is 565 g/mol. The van der Waals surface area contributed by atoms with Gasteiger partial charge in [0.2, 0.25) is 0 Å². The van der Waals surface area contributed by atoms with Gasteiger partial charge >= 0.3 is 0 Å². The predicted molar refractivity (Wildman–Crippen MR) is 177 cm³/mol. The molecule has 44 heavy (non-hydrogen) atoms. The van der Waals surface area contributed by atoms with Crippen LogP contribution in [0.15, 0.2) is 127 Å². The van der Waals surface area contributed by atoms with Gasteiger partial charge in [0.15, 0.2) is 4.96 Å². The average molecular weight is 599 g/mol. The summed E-state index contributed by atoms with van der Waals surface area (Å²) in [5.74, 6) is -0.267. The third-order valence-electron chi connectivity index (χ3n) is 7.90. The first-order valence-electron chi connectivity index (χ1n) is 14.8. The van der Waals surface area contributed by atoms with Crippen molar-refractivity contribution in [3.05, 3.63) is 155 Å². The number of carbonyl (C=O) groups excluding carboxylic acids is 2. The van der Waals surface area contributed by atoms with E-state index in [9.17, 15) is 9.59 Å². The number of carbonyl (C=O) groups is 2. The van der Waals surface area contributed by atoms with E-state index in [1.807, 2.05) is 131 Å². The van der Waals surface area contributed by atoms with Crippen molar-refractivity contribution in [1.29, 1.82) is 0 Å². The summed E-state index contributed by atoms with van der Waals surface area (Å²) < 4.78 is 1.83. The van der Waals surface area contributed by atoms with Gasteiger partial charge in [-0.05, 0) is 48.1 Å². The second-order valence-electron chi connectivity index (χ2n) is 10.8. The van der Waals surface area contributed by atoms with Crippen LogP contribution >= 0.6 is 11.3 Å². The summed E-state index contributed by atoms with van der Waals surface area (Å²) in [5.41, 5.74) is 5.94. The molecule has 7 heteroatoms. The molecule has 0 spiro atoms. The Morgan fingerprint density at radius 1 is 0.841 bits per heavy atom. The summed E-state index contributed by atoms with van der Waals surface area (Å²) in [6, 6.07) is 37.8. The van der Waals surface area contributed by atoms with Crippen molar-refractivity contribution in [2.24, 2.45) is 0 Å². The molecule has 6 aromatic rings. The number of aromatic nitrogens is 2. The molecule has 1 N–H and O–H groups in total. The van der Waals surface area contributed by atoms with E-state index in [0.29, 0.717) is 36.5 Å². The first-order valence-corrected chi connectivity index (χ1v) is 15.7. The molecule has 0 aliphatic carbocycles. The van der Waals surface area contributed by atoms with Gasteiger partial charge in [0.1, 0.15) is 5.69 Å². The molecule has 220 valence electrons. The van der Waals surface area contributed by atoms with E-state index in [0.717, 1.165) is 28.1 Å². The Morgan fingerprint density at radius 3 is 2.20 bits per heavy atom. The second kappa shape index (κ2) is 13.5. The quantitative estimate of drug-likeness (QED) is 0.169. The molecule has 1 atom stereocenters. The molecule has 0 bridgehead atoms.